The largest absolute Gasteiger partial charge is 0.411 e. The second kappa shape index (κ2) is 4.01. The maximum Gasteiger partial charge on any atom is 0.411 e. The Bertz CT molecular complexity index is 323. The van der Waals surface area contributed by atoms with E-state index < -0.39 is 6.09 Å². The number of thiazole rings is 1. The quantitative estimate of drug-likeness (QED) is 0.704. The van der Waals surface area contributed by atoms with Gasteiger partial charge >= 0.3 is 6.09 Å². The van der Waals surface area contributed by atoms with Crippen LogP contribution in [0.3, 0.4) is 0 Å². The van der Waals surface area contributed by atoms with Gasteiger partial charge in [0.05, 0.1) is 11.4 Å². The third kappa shape index (κ3) is 2.53. The van der Waals surface area contributed by atoms with E-state index in [1.54, 1.807) is 11.5 Å². The van der Waals surface area contributed by atoms with Gasteiger partial charge in [-0.15, -0.1) is 17.9 Å². The molecule has 0 aliphatic heterocycles. The number of hydrogen-bond donors (Lipinski definition) is 2. The van der Waals surface area contributed by atoms with Gasteiger partial charge < -0.3 is 16.2 Å². The molecule has 1 atom stereocenters. The number of carbonyl (C=O) groups excluding carboxylic acids is 1. The molecule has 1 heterocycles. The van der Waals surface area contributed by atoms with E-state index in [2.05, 4.69) is 16.3 Å². The van der Waals surface area contributed by atoms with E-state index in [9.17, 15) is 4.79 Å². The second-order valence-electron chi connectivity index (χ2n) is 2.21. The molecule has 0 radical (unpaired) electrons. The number of nitrogens with zero attached hydrogens (tertiary/aromatic N) is 1. The molecule has 1 rings (SSSR count). The van der Waals surface area contributed by atoms with Crippen molar-refractivity contribution in [2.45, 2.75) is 6.04 Å². The maximum absolute atomic E-state index is 10.3. The molecule has 0 aliphatic rings. The Morgan fingerprint density at radius 1 is 1.85 bits per heavy atom. The number of hydrogen-bond acceptors (Lipinski definition) is 5. The highest BCUT2D eigenvalue weighted by Gasteiger charge is 2.09. The lowest BCUT2D eigenvalue weighted by atomic mass is 10.3. The molecule has 0 aromatic carbocycles. The fourth-order valence-electron chi connectivity index (χ4n) is 0.676. The standard InChI is InChI=1S/C7H9N3O2S/c1-2-4(8)6-10-5(3-13-6)12-7(9)11/h2-4H,1,8H2,(H2,9,11). The lowest BCUT2D eigenvalue weighted by Gasteiger charge is -1.98. The van der Waals surface area contributed by atoms with E-state index in [0.717, 1.165) is 0 Å². The van der Waals surface area contributed by atoms with Crippen LogP contribution >= 0.6 is 11.3 Å². The number of ether oxygens (including phenoxy) is 1. The lowest BCUT2D eigenvalue weighted by Crippen LogP contribution is -2.16. The fourth-order valence-corrected chi connectivity index (χ4v) is 1.39. The Hall–Kier alpha value is -1.40. The molecular formula is C7H9N3O2S. The predicted octanol–water partition coefficient (Wildman–Crippen LogP) is 0.786. The van der Waals surface area contributed by atoms with Crippen molar-refractivity contribution >= 4 is 17.4 Å². The highest BCUT2D eigenvalue weighted by atomic mass is 32.1. The van der Waals surface area contributed by atoms with E-state index in [0.29, 0.717) is 5.01 Å². The first-order chi connectivity index (χ1) is 6.13. The van der Waals surface area contributed by atoms with E-state index in [1.807, 2.05) is 0 Å². The van der Waals surface area contributed by atoms with E-state index >= 15 is 0 Å². The molecule has 0 fully saturated rings. The molecule has 0 saturated heterocycles. The summed E-state index contributed by atoms with van der Waals surface area (Å²) in [7, 11) is 0. The van der Waals surface area contributed by atoms with Crippen LogP contribution in [0.25, 0.3) is 0 Å². The van der Waals surface area contributed by atoms with Crippen molar-refractivity contribution in [3.05, 3.63) is 23.0 Å². The third-order valence-electron chi connectivity index (χ3n) is 1.25. The van der Waals surface area contributed by atoms with E-state index in [-0.39, 0.29) is 11.9 Å². The maximum atomic E-state index is 10.3. The van der Waals surface area contributed by atoms with Crippen molar-refractivity contribution < 1.29 is 9.53 Å². The minimum absolute atomic E-state index is 0.171. The van der Waals surface area contributed by atoms with Crippen LogP contribution in [0.4, 0.5) is 4.79 Å². The Balaban J connectivity index is 2.74. The lowest BCUT2D eigenvalue weighted by molar-refractivity contribution is 0.209. The summed E-state index contributed by atoms with van der Waals surface area (Å²) in [6.07, 6.45) is 0.663. The molecule has 1 amide bonds. The molecule has 1 aromatic heterocycles. The summed E-state index contributed by atoms with van der Waals surface area (Å²) >= 11 is 1.28. The monoisotopic (exact) mass is 199 g/mol. The Labute approximate surface area is 79.0 Å². The fraction of sp³-hybridized carbons (Fsp3) is 0.143. The normalized spacial score (nSPS) is 12.1. The molecule has 4 N–H and O–H groups in total. The van der Waals surface area contributed by atoms with Crippen LogP contribution in [0.15, 0.2) is 18.0 Å². The first-order valence-electron chi connectivity index (χ1n) is 3.44. The van der Waals surface area contributed by atoms with Gasteiger partial charge in [0.15, 0.2) is 0 Å². The van der Waals surface area contributed by atoms with Gasteiger partial charge in [0.2, 0.25) is 5.88 Å². The van der Waals surface area contributed by atoms with Crippen molar-refractivity contribution in [2.75, 3.05) is 0 Å². The summed E-state index contributed by atoms with van der Waals surface area (Å²) in [5.41, 5.74) is 10.4. The molecule has 0 spiro atoms. The zero-order chi connectivity index (χ0) is 9.84. The van der Waals surface area contributed by atoms with Crippen molar-refractivity contribution in [3.63, 3.8) is 0 Å². The molecular weight excluding hydrogens is 190 g/mol. The number of amides is 1. The van der Waals surface area contributed by atoms with Gasteiger partial charge in [0.25, 0.3) is 0 Å². The Morgan fingerprint density at radius 3 is 3.08 bits per heavy atom. The van der Waals surface area contributed by atoms with Gasteiger partial charge in [-0.2, -0.15) is 0 Å². The molecule has 0 aliphatic carbocycles. The average molecular weight is 199 g/mol. The van der Waals surface area contributed by atoms with Crippen molar-refractivity contribution in [3.8, 4) is 5.88 Å². The summed E-state index contributed by atoms with van der Waals surface area (Å²) in [5.74, 6) is 0.171. The van der Waals surface area contributed by atoms with Crippen molar-refractivity contribution in [1.29, 1.82) is 0 Å². The summed E-state index contributed by atoms with van der Waals surface area (Å²) in [4.78, 5) is 14.3. The summed E-state index contributed by atoms with van der Waals surface area (Å²) in [6.45, 7) is 3.52. The minimum atomic E-state index is -0.885. The van der Waals surface area contributed by atoms with E-state index in [4.69, 9.17) is 11.5 Å². The van der Waals surface area contributed by atoms with Crippen LogP contribution in [0.2, 0.25) is 0 Å². The third-order valence-corrected chi connectivity index (χ3v) is 2.17. The van der Waals surface area contributed by atoms with E-state index in [1.165, 1.54) is 11.3 Å². The first kappa shape index (κ1) is 9.69. The van der Waals surface area contributed by atoms with Crippen LogP contribution in [0.5, 0.6) is 5.88 Å². The number of aromatic nitrogens is 1. The minimum Gasteiger partial charge on any atom is -0.390 e. The van der Waals surface area contributed by atoms with Crippen molar-refractivity contribution in [2.24, 2.45) is 11.5 Å². The van der Waals surface area contributed by atoms with Gasteiger partial charge in [0, 0.05) is 0 Å². The van der Waals surface area contributed by atoms with Gasteiger partial charge in [-0.25, -0.2) is 9.78 Å². The van der Waals surface area contributed by atoms with Crippen LogP contribution < -0.4 is 16.2 Å². The number of rotatable bonds is 3. The average Bonchev–Trinajstić information content (AvgIpc) is 2.50. The summed E-state index contributed by atoms with van der Waals surface area (Å²) in [6, 6.07) is -0.338. The SMILES string of the molecule is C=CC(N)c1nc(OC(N)=O)cs1. The molecule has 5 nitrogen and oxygen atoms in total. The first-order valence-corrected chi connectivity index (χ1v) is 4.32. The zero-order valence-corrected chi connectivity index (χ0v) is 7.58. The van der Waals surface area contributed by atoms with Gasteiger partial charge in [-0.3, -0.25) is 0 Å². The molecule has 70 valence electrons. The highest BCUT2D eigenvalue weighted by molar-refractivity contribution is 7.09. The molecule has 6 heteroatoms. The van der Waals surface area contributed by atoms with Crippen LogP contribution in [0.1, 0.15) is 11.0 Å². The van der Waals surface area contributed by atoms with Gasteiger partial charge in [-0.05, 0) is 0 Å². The Kier molecular flexibility index (Phi) is 2.99. The zero-order valence-electron chi connectivity index (χ0n) is 6.77. The second-order valence-corrected chi connectivity index (χ2v) is 3.10. The summed E-state index contributed by atoms with van der Waals surface area (Å²) in [5, 5.41) is 2.19. The predicted molar refractivity (Wildman–Crippen MR) is 49.5 cm³/mol. The smallest absolute Gasteiger partial charge is 0.390 e. The van der Waals surface area contributed by atoms with Crippen molar-refractivity contribution in [1.82, 2.24) is 4.98 Å². The topological polar surface area (TPSA) is 91.2 Å². The number of carbonyl (C=O) groups is 1. The van der Waals surface area contributed by atoms with Gasteiger partial charge in [0.1, 0.15) is 5.01 Å². The van der Waals surface area contributed by atoms with Crippen LogP contribution in [0, 0.1) is 0 Å². The molecule has 0 saturated carbocycles. The highest BCUT2D eigenvalue weighted by Crippen LogP contribution is 2.21. The molecule has 0 bridgehead atoms. The molecule has 1 unspecified atom stereocenters. The molecule has 1 aromatic rings. The van der Waals surface area contributed by atoms with Crippen LogP contribution in [-0.2, 0) is 0 Å². The summed E-state index contributed by atoms with van der Waals surface area (Å²) < 4.78 is 4.54. The Morgan fingerprint density at radius 2 is 2.54 bits per heavy atom. The number of nitrogens with two attached hydrogens (primary N) is 2. The number of primary amides is 1. The molecule has 13 heavy (non-hydrogen) atoms. The van der Waals surface area contributed by atoms with Crippen LogP contribution in [-0.4, -0.2) is 11.1 Å². The van der Waals surface area contributed by atoms with Gasteiger partial charge in [-0.1, -0.05) is 6.08 Å².